The van der Waals surface area contributed by atoms with E-state index in [1.165, 1.54) is 0 Å². The maximum atomic E-state index is 12.2. The van der Waals surface area contributed by atoms with Crippen LogP contribution in [0.5, 0.6) is 5.75 Å². The number of aryl methyl sites for hydroxylation is 1. The Labute approximate surface area is 194 Å². The zero-order valence-corrected chi connectivity index (χ0v) is 19.5. The standard InChI is InChI=1S/C26H33NO6/c1-3-29-26(28)24-19-7-6-8-21(23(19)24)32-18-12-10-17(11-13-18)25-20(16(2)27-33-25)15-31-22-9-4-5-14-30-22/h10-13,19,21-24H,3-9,14-15H2,1-2H3. The van der Waals surface area contributed by atoms with Crippen LogP contribution in [0.4, 0.5) is 0 Å². The summed E-state index contributed by atoms with van der Waals surface area (Å²) >= 11 is 0. The molecule has 7 heteroatoms. The van der Waals surface area contributed by atoms with E-state index in [1.807, 2.05) is 38.1 Å². The first kappa shape index (κ1) is 22.4. The Hall–Kier alpha value is -2.38. The van der Waals surface area contributed by atoms with Gasteiger partial charge in [0.05, 0.1) is 24.8 Å². The van der Waals surface area contributed by atoms with Gasteiger partial charge in [0.25, 0.3) is 0 Å². The van der Waals surface area contributed by atoms with Gasteiger partial charge in [0.2, 0.25) is 0 Å². The zero-order valence-electron chi connectivity index (χ0n) is 19.5. The number of fused-ring (bicyclic) bond motifs is 1. The van der Waals surface area contributed by atoms with E-state index < -0.39 is 0 Å². The van der Waals surface area contributed by atoms with Crippen LogP contribution in [0.25, 0.3) is 11.3 Å². The van der Waals surface area contributed by atoms with Gasteiger partial charge in [-0.1, -0.05) is 5.16 Å². The fourth-order valence-electron chi connectivity index (χ4n) is 5.40. The smallest absolute Gasteiger partial charge is 0.309 e. The molecule has 5 atom stereocenters. The van der Waals surface area contributed by atoms with Crippen LogP contribution in [-0.4, -0.2) is 36.7 Å². The molecule has 2 aliphatic carbocycles. The predicted octanol–water partition coefficient (Wildman–Crippen LogP) is 5.05. The molecule has 1 saturated heterocycles. The Balaban J connectivity index is 1.23. The van der Waals surface area contributed by atoms with Crippen LogP contribution in [0.15, 0.2) is 28.8 Å². The lowest BCUT2D eigenvalue weighted by Gasteiger charge is -2.23. The summed E-state index contributed by atoms with van der Waals surface area (Å²) in [5.41, 5.74) is 2.71. The highest BCUT2D eigenvalue weighted by Crippen LogP contribution is 2.56. The monoisotopic (exact) mass is 455 g/mol. The highest BCUT2D eigenvalue weighted by Gasteiger charge is 2.61. The van der Waals surface area contributed by atoms with E-state index in [2.05, 4.69) is 5.16 Å². The highest BCUT2D eigenvalue weighted by molar-refractivity contribution is 5.76. The molecule has 1 aliphatic heterocycles. The summed E-state index contributed by atoms with van der Waals surface area (Å²) in [6.45, 7) is 5.39. The number of nitrogens with zero attached hydrogens (tertiary/aromatic N) is 1. The van der Waals surface area contributed by atoms with Crippen molar-refractivity contribution in [2.75, 3.05) is 13.2 Å². The van der Waals surface area contributed by atoms with Crippen LogP contribution < -0.4 is 4.74 Å². The third-order valence-electron chi connectivity index (χ3n) is 7.18. The molecule has 2 heterocycles. The number of hydrogen-bond acceptors (Lipinski definition) is 7. The molecule has 1 aromatic carbocycles. The van der Waals surface area contributed by atoms with Crippen LogP contribution in [-0.2, 0) is 25.6 Å². The maximum Gasteiger partial charge on any atom is 0.309 e. The van der Waals surface area contributed by atoms with Crippen molar-refractivity contribution < 1.29 is 28.3 Å². The molecule has 0 amide bonds. The van der Waals surface area contributed by atoms with Gasteiger partial charge in [0, 0.05) is 23.7 Å². The van der Waals surface area contributed by atoms with Crippen LogP contribution in [0.3, 0.4) is 0 Å². The van der Waals surface area contributed by atoms with Gasteiger partial charge in [-0.15, -0.1) is 0 Å². The van der Waals surface area contributed by atoms with Crippen molar-refractivity contribution in [2.24, 2.45) is 17.8 Å². The van der Waals surface area contributed by atoms with Gasteiger partial charge in [0.1, 0.15) is 11.9 Å². The Morgan fingerprint density at radius 2 is 1.97 bits per heavy atom. The highest BCUT2D eigenvalue weighted by atomic mass is 16.7. The summed E-state index contributed by atoms with van der Waals surface area (Å²) in [5.74, 6) is 2.16. The Morgan fingerprint density at radius 3 is 2.73 bits per heavy atom. The molecule has 2 saturated carbocycles. The van der Waals surface area contributed by atoms with Crippen molar-refractivity contribution >= 4 is 5.97 Å². The van der Waals surface area contributed by atoms with Gasteiger partial charge in [-0.25, -0.2) is 0 Å². The number of carbonyl (C=O) groups excluding carboxylic acids is 1. The molecule has 5 rings (SSSR count). The average molecular weight is 456 g/mol. The summed E-state index contributed by atoms with van der Waals surface area (Å²) in [6.07, 6.45) is 6.21. The lowest BCUT2D eigenvalue weighted by molar-refractivity contribution is -0.168. The normalized spacial score (nSPS) is 28.7. The number of carbonyl (C=O) groups is 1. The molecule has 5 unspecified atom stereocenters. The van der Waals surface area contributed by atoms with E-state index in [0.717, 1.165) is 73.5 Å². The minimum Gasteiger partial charge on any atom is -0.490 e. The first-order valence-corrected chi connectivity index (χ1v) is 12.3. The molecule has 0 spiro atoms. The van der Waals surface area contributed by atoms with E-state index in [4.69, 9.17) is 23.5 Å². The second kappa shape index (κ2) is 9.85. The predicted molar refractivity (Wildman–Crippen MR) is 120 cm³/mol. The van der Waals surface area contributed by atoms with E-state index in [-0.39, 0.29) is 30.2 Å². The molecular weight excluding hydrogens is 422 g/mol. The zero-order chi connectivity index (χ0) is 22.8. The molecule has 178 valence electrons. The molecule has 7 nitrogen and oxygen atoms in total. The lowest BCUT2D eigenvalue weighted by atomic mass is 9.98. The molecule has 0 N–H and O–H groups in total. The topological polar surface area (TPSA) is 80.0 Å². The third kappa shape index (κ3) is 4.80. The number of benzene rings is 1. The van der Waals surface area contributed by atoms with Crippen molar-refractivity contribution in [1.82, 2.24) is 5.16 Å². The van der Waals surface area contributed by atoms with Crippen LogP contribution >= 0.6 is 0 Å². The second-order valence-corrected chi connectivity index (χ2v) is 9.31. The van der Waals surface area contributed by atoms with Gasteiger partial charge in [0.15, 0.2) is 12.1 Å². The number of esters is 1. The number of hydrogen-bond donors (Lipinski definition) is 0. The molecule has 2 aromatic rings. The van der Waals surface area contributed by atoms with E-state index in [0.29, 0.717) is 19.1 Å². The van der Waals surface area contributed by atoms with Crippen molar-refractivity contribution in [3.8, 4) is 17.1 Å². The molecule has 33 heavy (non-hydrogen) atoms. The van der Waals surface area contributed by atoms with Crippen molar-refractivity contribution in [3.05, 3.63) is 35.5 Å². The lowest BCUT2D eigenvalue weighted by Crippen LogP contribution is -2.24. The van der Waals surface area contributed by atoms with Gasteiger partial charge >= 0.3 is 5.97 Å². The molecule has 3 fully saturated rings. The molecule has 3 aliphatic rings. The number of ether oxygens (including phenoxy) is 4. The van der Waals surface area contributed by atoms with Crippen LogP contribution in [0, 0.1) is 24.7 Å². The van der Waals surface area contributed by atoms with Crippen LogP contribution in [0.1, 0.15) is 56.7 Å². The molecule has 0 bridgehead atoms. The summed E-state index contributed by atoms with van der Waals surface area (Å²) in [6, 6.07) is 7.92. The van der Waals surface area contributed by atoms with E-state index >= 15 is 0 Å². The quantitative estimate of drug-likeness (QED) is 0.515. The van der Waals surface area contributed by atoms with Gasteiger partial charge in [-0.3, -0.25) is 4.79 Å². The maximum absolute atomic E-state index is 12.2. The van der Waals surface area contributed by atoms with Gasteiger partial charge < -0.3 is 23.5 Å². The SMILES string of the molecule is CCOC(=O)C1C2CCCC(Oc3ccc(-c4onc(C)c4COC4CCCCO4)cc3)C21. The summed E-state index contributed by atoms with van der Waals surface area (Å²) in [5, 5.41) is 4.16. The minimum atomic E-state index is -0.156. The summed E-state index contributed by atoms with van der Waals surface area (Å²) < 4.78 is 28.9. The van der Waals surface area contributed by atoms with Crippen molar-refractivity contribution in [1.29, 1.82) is 0 Å². The molecule has 1 aromatic heterocycles. The van der Waals surface area contributed by atoms with E-state index in [9.17, 15) is 4.79 Å². The fourth-order valence-corrected chi connectivity index (χ4v) is 5.40. The number of aromatic nitrogens is 1. The van der Waals surface area contributed by atoms with Crippen molar-refractivity contribution in [2.45, 2.75) is 71.4 Å². The first-order valence-electron chi connectivity index (χ1n) is 12.3. The minimum absolute atomic E-state index is 0.00425. The first-order chi connectivity index (χ1) is 16.2. The van der Waals surface area contributed by atoms with Crippen LogP contribution in [0.2, 0.25) is 0 Å². The van der Waals surface area contributed by atoms with Gasteiger partial charge in [-0.2, -0.15) is 0 Å². The summed E-state index contributed by atoms with van der Waals surface area (Å²) in [4.78, 5) is 12.2. The Bertz CT molecular complexity index is 948. The summed E-state index contributed by atoms with van der Waals surface area (Å²) in [7, 11) is 0. The van der Waals surface area contributed by atoms with Gasteiger partial charge in [-0.05, 0) is 82.6 Å². The third-order valence-corrected chi connectivity index (χ3v) is 7.18. The fraction of sp³-hybridized carbons (Fsp3) is 0.615. The Kier molecular flexibility index (Phi) is 6.69. The van der Waals surface area contributed by atoms with Crippen molar-refractivity contribution in [3.63, 3.8) is 0 Å². The second-order valence-electron chi connectivity index (χ2n) is 9.31. The van der Waals surface area contributed by atoms with E-state index in [1.54, 1.807) is 0 Å². The molecular formula is C26H33NO6. The Morgan fingerprint density at radius 1 is 1.12 bits per heavy atom. The molecule has 0 radical (unpaired) electrons. The average Bonchev–Trinajstić information content (AvgIpc) is 3.48. The largest absolute Gasteiger partial charge is 0.490 e. The number of rotatable bonds is 8.